The number of piperidine rings is 1. The molecule has 2 aromatic rings. The van der Waals surface area contributed by atoms with Gasteiger partial charge in [0.2, 0.25) is 0 Å². The molecule has 5 nitrogen and oxygen atoms in total. The first-order chi connectivity index (χ1) is 11.5. The number of anilines is 2. The van der Waals surface area contributed by atoms with E-state index in [4.69, 9.17) is 0 Å². The van der Waals surface area contributed by atoms with Gasteiger partial charge in [-0.1, -0.05) is 19.1 Å². The van der Waals surface area contributed by atoms with Crippen molar-refractivity contribution in [1.82, 2.24) is 14.9 Å². The highest BCUT2D eigenvalue weighted by molar-refractivity contribution is 5.93. The topological polar surface area (TPSA) is 58.1 Å². The quantitative estimate of drug-likeness (QED) is 0.935. The first-order valence-corrected chi connectivity index (χ1v) is 8.48. The molecule has 1 N–H and O–H groups in total. The van der Waals surface area contributed by atoms with Gasteiger partial charge in [0.1, 0.15) is 17.8 Å². The molecule has 0 spiro atoms. The average Bonchev–Trinajstić information content (AvgIpc) is 2.58. The van der Waals surface area contributed by atoms with Gasteiger partial charge in [0.05, 0.1) is 0 Å². The van der Waals surface area contributed by atoms with Crippen molar-refractivity contribution in [2.75, 3.05) is 18.4 Å². The number of nitrogens with one attached hydrogen (secondary N) is 1. The number of hydrogen-bond acceptors (Lipinski definition) is 4. The van der Waals surface area contributed by atoms with Crippen LogP contribution in [-0.2, 0) is 0 Å². The van der Waals surface area contributed by atoms with Crippen LogP contribution in [0.25, 0.3) is 0 Å². The highest BCUT2D eigenvalue weighted by Gasteiger charge is 2.23. The van der Waals surface area contributed by atoms with E-state index in [1.807, 2.05) is 11.8 Å². The molecule has 0 saturated carbocycles. The summed E-state index contributed by atoms with van der Waals surface area (Å²) in [5.74, 6) is 1.19. The van der Waals surface area contributed by atoms with Gasteiger partial charge in [-0.25, -0.2) is 9.97 Å². The molecule has 1 aliphatic rings. The van der Waals surface area contributed by atoms with Crippen molar-refractivity contribution < 1.29 is 4.79 Å². The minimum absolute atomic E-state index is 0.00651. The molecule has 1 atom stereocenters. The lowest BCUT2D eigenvalue weighted by atomic mass is 10.00. The highest BCUT2D eigenvalue weighted by Crippen LogP contribution is 2.22. The predicted molar refractivity (Wildman–Crippen MR) is 95.5 cm³/mol. The molecule has 1 aliphatic heterocycles. The number of hydrogen-bond donors (Lipinski definition) is 1. The summed E-state index contributed by atoms with van der Waals surface area (Å²) in [7, 11) is 0. The van der Waals surface area contributed by atoms with Crippen LogP contribution in [0.2, 0.25) is 0 Å². The van der Waals surface area contributed by atoms with Crippen LogP contribution in [0, 0.1) is 19.8 Å². The molecular formula is C19H24N4O. The van der Waals surface area contributed by atoms with E-state index in [0.717, 1.165) is 30.8 Å². The molecule has 1 amide bonds. The molecule has 1 fully saturated rings. The number of aryl methyl sites for hydroxylation is 2. The Morgan fingerprint density at radius 2 is 2.08 bits per heavy atom. The molecule has 24 heavy (non-hydrogen) atoms. The van der Waals surface area contributed by atoms with Gasteiger partial charge in [-0.05, 0) is 49.8 Å². The minimum atomic E-state index is -0.00651. The van der Waals surface area contributed by atoms with Gasteiger partial charge < -0.3 is 10.2 Å². The zero-order valence-electron chi connectivity index (χ0n) is 14.5. The number of benzene rings is 1. The Labute approximate surface area is 143 Å². The van der Waals surface area contributed by atoms with Crippen molar-refractivity contribution in [3.05, 3.63) is 47.4 Å². The fourth-order valence-corrected chi connectivity index (χ4v) is 3.09. The molecule has 1 aromatic heterocycles. The maximum Gasteiger partial charge on any atom is 0.272 e. The first kappa shape index (κ1) is 16.4. The largest absolute Gasteiger partial charge is 0.340 e. The van der Waals surface area contributed by atoms with Crippen LogP contribution in [0.1, 0.15) is 41.4 Å². The van der Waals surface area contributed by atoms with Crippen LogP contribution in [0.3, 0.4) is 0 Å². The van der Waals surface area contributed by atoms with E-state index in [2.05, 4.69) is 47.3 Å². The summed E-state index contributed by atoms with van der Waals surface area (Å²) in [5, 5.41) is 3.30. The zero-order chi connectivity index (χ0) is 17.1. The van der Waals surface area contributed by atoms with Crippen molar-refractivity contribution in [3.63, 3.8) is 0 Å². The summed E-state index contributed by atoms with van der Waals surface area (Å²) in [6.45, 7) is 7.91. The SMILES string of the molecule is Cc1ccc(C)c(Nc2cc(C(=O)N3CCCC(C)C3)ncn2)c1. The molecule has 5 heteroatoms. The van der Waals surface area contributed by atoms with Crippen LogP contribution in [0.4, 0.5) is 11.5 Å². The number of rotatable bonds is 3. The van der Waals surface area contributed by atoms with Crippen LogP contribution < -0.4 is 5.32 Å². The third kappa shape index (κ3) is 3.72. The monoisotopic (exact) mass is 324 g/mol. The maximum atomic E-state index is 12.7. The number of likely N-dealkylation sites (tertiary alicyclic amines) is 1. The van der Waals surface area contributed by atoms with E-state index in [1.54, 1.807) is 6.07 Å². The minimum Gasteiger partial charge on any atom is -0.340 e. The molecule has 0 radical (unpaired) electrons. The summed E-state index contributed by atoms with van der Waals surface area (Å²) in [4.78, 5) is 23.0. The summed E-state index contributed by atoms with van der Waals surface area (Å²) in [6, 6.07) is 7.96. The van der Waals surface area contributed by atoms with Gasteiger partial charge in [-0.15, -0.1) is 0 Å². The molecule has 2 heterocycles. The van der Waals surface area contributed by atoms with Crippen molar-refractivity contribution >= 4 is 17.4 Å². The van der Waals surface area contributed by atoms with Crippen LogP contribution in [0.15, 0.2) is 30.6 Å². The maximum absolute atomic E-state index is 12.7. The van der Waals surface area contributed by atoms with E-state index in [-0.39, 0.29) is 5.91 Å². The summed E-state index contributed by atoms with van der Waals surface area (Å²) < 4.78 is 0. The Balaban J connectivity index is 1.78. The Bertz CT molecular complexity index is 744. The van der Waals surface area contributed by atoms with Gasteiger partial charge in [-0.3, -0.25) is 4.79 Å². The second-order valence-electron chi connectivity index (χ2n) is 6.73. The fourth-order valence-electron chi connectivity index (χ4n) is 3.09. The number of amides is 1. The third-order valence-corrected chi connectivity index (χ3v) is 4.49. The molecule has 126 valence electrons. The van der Waals surface area contributed by atoms with E-state index >= 15 is 0 Å². The summed E-state index contributed by atoms with van der Waals surface area (Å²) >= 11 is 0. The standard InChI is InChI=1S/C19H24N4O/c1-13-6-7-15(3)16(9-13)22-18-10-17(20-12-21-18)19(24)23-8-4-5-14(2)11-23/h6-7,9-10,12,14H,4-5,8,11H2,1-3H3,(H,20,21,22). The number of carbonyl (C=O) groups excluding carboxylic acids is 1. The smallest absolute Gasteiger partial charge is 0.272 e. The molecule has 1 saturated heterocycles. The molecular weight excluding hydrogens is 300 g/mol. The Morgan fingerprint density at radius 3 is 2.88 bits per heavy atom. The van der Waals surface area contributed by atoms with Crippen molar-refractivity contribution in [2.24, 2.45) is 5.92 Å². The Kier molecular flexibility index (Phi) is 4.79. The van der Waals surface area contributed by atoms with Gasteiger partial charge in [-0.2, -0.15) is 0 Å². The van der Waals surface area contributed by atoms with Gasteiger partial charge in [0.25, 0.3) is 5.91 Å². The predicted octanol–water partition coefficient (Wildman–Crippen LogP) is 3.71. The second-order valence-corrected chi connectivity index (χ2v) is 6.73. The third-order valence-electron chi connectivity index (χ3n) is 4.49. The lowest BCUT2D eigenvalue weighted by Crippen LogP contribution is -2.39. The van der Waals surface area contributed by atoms with Gasteiger partial charge in [0.15, 0.2) is 0 Å². The molecule has 0 aliphatic carbocycles. The van der Waals surface area contributed by atoms with E-state index in [1.165, 1.54) is 18.3 Å². The van der Waals surface area contributed by atoms with Crippen molar-refractivity contribution in [2.45, 2.75) is 33.6 Å². The molecule has 3 rings (SSSR count). The lowest BCUT2D eigenvalue weighted by Gasteiger charge is -2.30. The van der Waals surface area contributed by atoms with Crippen LogP contribution >= 0.6 is 0 Å². The number of carbonyl (C=O) groups is 1. The van der Waals surface area contributed by atoms with Crippen molar-refractivity contribution in [3.8, 4) is 0 Å². The van der Waals surface area contributed by atoms with Crippen molar-refractivity contribution in [1.29, 1.82) is 0 Å². The van der Waals surface area contributed by atoms with Crippen LogP contribution in [-0.4, -0.2) is 33.9 Å². The second kappa shape index (κ2) is 6.99. The number of nitrogens with zero attached hydrogens (tertiary/aromatic N) is 3. The van der Waals surface area contributed by atoms with E-state index < -0.39 is 0 Å². The first-order valence-electron chi connectivity index (χ1n) is 8.48. The average molecular weight is 324 g/mol. The fraction of sp³-hybridized carbons (Fsp3) is 0.421. The van der Waals surface area contributed by atoms with Gasteiger partial charge >= 0.3 is 0 Å². The zero-order valence-corrected chi connectivity index (χ0v) is 14.5. The molecule has 1 aromatic carbocycles. The summed E-state index contributed by atoms with van der Waals surface area (Å²) in [6.07, 6.45) is 3.70. The molecule has 0 bridgehead atoms. The van der Waals surface area contributed by atoms with Crippen LogP contribution in [0.5, 0.6) is 0 Å². The Hall–Kier alpha value is -2.43. The lowest BCUT2D eigenvalue weighted by molar-refractivity contribution is 0.0677. The number of aromatic nitrogens is 2. The Morgan fingerprint density at radius 1 is 1.25 bits per heavy atom. The van der Waals surface area contributed by atoms with Gasteiger partial charge in [0, 0.05) is 24.8 Å². The molecule has 1 unspecified atom stereocenters. The highest BCUT2D eigenvalue weighted by atomic mass is 16.2. The summed E-state index contributed by atoms with van der Waals surface area (Å²) in [5.41, 5.74) is 3.76. The van der Waals surface area contributed by atoms with E-state index in [9.17, 15) is 4.79 Å². The normalized spacial score (nSPS) is 17.6. The van der Waals surface area contributed by atoms with E-state index in [0.29, 0.717) is 17.4 Å².